The number of aromatic amines is 1. The van der Waals surface area contributed by atoms with Gasteiger partial charge in [-0.3, -0.25) is 0 Å². The van der Waals surface area contributed by atoms with E-state index in [1.165, 1.54) is 65.4 Å². The molecule has 4 rings (SSSR count). The average Bonchev–Trinajstić information content (AvgIpc) is 3.05. The number of aryl methyl sites for hydroxylation is 1. The van der Waals surface area contributed by atoms with E-state index < -0.39 is 0 Å². The van der Waals surface area contributed by atoms with Crippen molar-refractivity contribution in [1.82, 2.24) is 4.98 Å². The van der Waals surface area contributed by atoms with Gasteiger partial charge in [-0.2, -0.15) is 0 Å². The van der Waals surface area contributed by atoms with Crippen LogP contribution < -0.4 is 4.74 Å². The molecule has 136 valence electrons. The molecule has 2 aromatic carbocycles. The molecule has 26 heavy (non-hydrogen) atoms. The number of nitrogens with one attached hydrogen (secondary N) is 1. The third-order valence-corrected chi connectivity index (χ3v) is 5.63. The second kappa shape index (κ2) is 7.57. The number of hydrogen-bond donors (Lipinski definition) is 1. The molecule has 1 saturated carbocycles. The van der Waals surface area contributed by atoms with Crippen LogP contribution in [0.25, 0.3) is 22.2 Å². The van der Waals surface area contributed by atoms with Crippen molar-refractivity contribution in [3.63, 3.8) is 0 Å². The van der Waals surface area contributed by atoms with Crippen molar-refractivity contribution in [2.75, 3.05) is 6.61 Å². The molecule has 0 amide bonds. The summed E-state index contributed by atoms with van der Waals surface area (Å²) in [5.41, 5.74) is 6.54. The molecular weight excluding hydrogens is 318 g/mol. The van der Waals surface area contributed by atoms with Gasteiger partial charge in [0.15, 0.2) is 0 Å². The first kappa shape index (κ1) is 17.2. The molecule has 1 fully saturated rings. The van der Waals surface area contributed by atoms with E-state index >= 15 is 0 Å². The molecule has 0 aliphatic heterocycles. The monoisotopic (exact) mass is 347 g/mol. The molecule has 0 saturated heterocycles. The third kappa shape index (κ3) is 3.25. The third-order valence-electron chi connectivity index (χ3n) is 5.63. The first-order valence-corrected chi connectivity index (χ1v) is 10.1. The predicted molar refractivity (Wildman–Crippen MR) is 110 cm³/mol. The zero-order valence-electron chi connectivity index (χ0n) is 16.0. The molecule has 2 heteroatoms. The minimum Gasteiger partial charge on any atom is -0.493 e. The van der Waals surface area contributed by atoms with Crippen LogP contribution in [0.4, 0.5) is 0 Å². The lowest BCUT2D eigenvalue weighted by atomic mass is 9.81. The van der Waals surface area contributed by atoms with Crippen LogP contribution in [0, 0.1) is 6.92 Å². The van der Waals surface area contributed by atoms with Crippen molar-refractivity contribution in [3.05, 3.63) is 53.6 Å². The van der Waals surface area contributed by atoms with Gasteiger partial charge in [0.2, 0.25) is 0 Å². The molecule has 1 aromatic heterocycles. The van der Waals surface area contributed by atoms with Crippen LogP contribution in [0.3, 0.4) is 0 Å². The van der Waals surface area contributed by atoms with Crippen LogP contribution >= 0.6 is 0 Å². The largest absolute Gasteiger partial charge is 0.493 e. The number of fused-ring (bicyclic) bond motifs is 1. The first-order chi connectivity index (χ1) is 12.8. The maximum absolute atomic E-state index is 6.08. The number of rotatable bonds is 5. The molecule has 1 aliphatic rings. The Bertz CT molecular complexity index is 886. The number of hydrogen-bond acceptors (Lipinski definition) is 1. The molecule has 0 unspecified atom stereocenters. The van der Waals surface area contributed by atoms with Crippen LogP contribution in [-0.2, 0) is 0 Å². The van der Waals surface area contributed by atoms with Gasteiger partial charge >= 0.3 is 0 Å². The highest BCUT2D eigenvalue weighted by Gasteiger charge is 2.24. The summed E-state index contributed by atoms with van der Waals surface area (Å²) in [5.74, 6) is 1.64. The number of benzene rings is 2. The molecule has 1 N–H and O–H groups in total. The number of aromatic nitrogens is 1. The standard InChI is InChI=1S/C24H29NO/c1-3-15-26-22-12-8-7-11-20(22)24-23(18-9-5-4-6-10-18)19-14-13-17(2)16-21(19)25-24/h7-8,11-14,16,18,25H,3-6,9-10,15H2,1-2H3. The zero-order chi connectivity index (χ0) is 17.9. The number of ether oxygens (including phenoxy) is 1. The van der Waals surface area contributed by atoms with Crippen molar-refractivity contribution in [1.29, 1.82) is 0 Å². The van der Waals surface area contributed by atoms with Crippen LogP contribution in [0.15, 0.2) is 42.5 Å². The van der Waals surface area contributed by atoms with Crippen molar-refractivity contribution < 1.29 is 4.74 Å². The minimum atomic E-state index is 0.648. The summed E-state index contributed by atoms with van der Waals surface area (Å²) in [5, 5.41) is 1.39. The van der Waals surface area contributed by atoms with E-state index in [0.29, 0.717) is 5.92 Å². The van der Waals surface area contributed by atoms with Gasteiger partial charge in [0.05, 0.1) is 12.3 Å². The quantitative estimate of drug-likeness (QED) is 0.529. The van der Waals surface area contributed by atoms with E-state index in [0.717, 1.165) is 18.8 Å². The molecule has 0 spiro atoms. The predicted octanol–water partition coefficient (Wildman–Crippen LogP) is 6.98. The SMILES string of the molecule is CCCOc1ccccc1-c1[nH]c2cc(C)ccc2c1C1CCCCC1. The van der Waals surface area contributed by atoms with Gasteiger partial charge in [-0.05, 0) is 61.4 Å². The normalized spacial score (nSPS) is 15.5. The molecule has 3 aromatic rings. The summed E-state index contributed by atoms with van der Waals surface area (Å²) in [6.07, 6.45) is 7.68. The summed E-state index contributed by atoms with van der Waals surface area (Å²) in [7, 11) is 0. The number of para-hydroxylation sites is 1. The van der Waals surface area contributed by atoms with Crippen molar-refractivity contribution in [2.45, 2.75) is 58.3 Å². The van der Waals surface area contributed by atoms with Crippen molar-refractivity contribution in [2.24, 2.45) is 0 Å². The van der Waals surface area contributed by atoms with E-state index in [1.807, 2.05) is 0 Å². The molecule has 2 nitrogen and oxygen atoms in total. The van der Waals surface area contributed by atoms with Gasteiger partial charge in [-0.1, -0.05) is 50.5 Å². The fraction of sp³-hybridized carbons (Fsp3) is 0.417. The highest BCUT2D eigenvalue weighted by molar-refractivity contribution is 5.93. The van der Waals surface area contributed by atoms with E-state index in [2.05, 4.69) is 61.3 Å². The maximum atomic E-state index is 6.08. The Labute approximate surface area is 156 Å². The topological polar surface area (TPSA) is 25.0 Å². The average molecular weight is 348 g/mol. The first-order valence-electron chi connectivity index (χ1n) is 10.1. The fourth-order valence-corrected chi connectivity index (χ4v) is 4.37. The summed E-state index contributed by atoms with van der Waals surface area (Å²) < 4.78 is 6.08. The minimum absolute atomic E-state index is 0.648. The van der Waals surface area contributed by atoms with Crippen LogP contribution in [0.5, 0.6) is 5.75 Å². The van der Waals surface area contributed by atoms with Gasteiger partial charge in [0, 0.05) is 16.5 Å². The molecule has 0 radical (unpaired) electrons. The van der Waals surface area contributed by atoms with Gasteiger partial charge in [-0.15, -0.1) is 0 Å². The van der Waals surface area contributed by atoms with E-state index in [-0.39, 0.29) is 0 Å². The smallest absolute Gasteiger partial charge is 0.128 e. The van der Waals surface area contributed by atoms with Crippen LogP contribution in [0.1, 0.15) is 62.5 Å². The Morgan fingerprint density at radius 1 is 1.04 bits per heavy atom. The van der Waals surface area contributed by atoms with Crippen LogP contribution in [0.2, 0.25) is 0 Å². The van der Waals surface area contributed by atoms with Gasteiger partial charge in [-0.25, -0.2) is 0 Å². The lowest BCUT2D eigenvalue weighted by molar-refractivity contribution is 0.318. The van der Waals surface area contributed by atoms with E-state index in [1.54, 1.807) is 0 Å². The second-order valence-corrected chi connectivity index (χ2v) is 7.64. The Morgan fingerprint density at radius 2 is 1.85 bits per heavy atom. The molecule has 0 bridgehead atoms. The lowest BCUT2D eigenvalue weighted by Gasteiger charge is -2.23. The number of H-pyrrole nitrogens is 1. The molecule has 1 heterocycles. The second-order valence-electron chi connectivity index (χ2n) is 7.64. The van der Waals surface area contributed by atoms with Gasteiger partial charge in [0.25, 0.3) is 0 Å². The molecule has 0 atom stereocenters. The maximum Gasteiger partial charge on any atom is 0.128 e. The highest BCUT2D eigenvalue weighted by atomic mass is 16.5. The fourth-order valence-electron chi connectivity index (χ4n) is 4.37. The molecule has 1 aliphatic carbocycles. The van der Waals surface area contributed by atoms with Crippen LogP contribution in [-0.4, -0.2) is 11.6 Å². The van der Waals surface area contributed by atoms with Gasteiger partial charge in [0.1, 0.15) is 5.75 Å². The Hall–Kier alpha value is -2.22. The molecular formula is C24H29NO. The summed E-state index contributed by atoms with van der Waals surface area (Å²) >= 11 is 0. The Kier molecular flexibility index (Phi) is 5.01. The van der Waals surface area contributed by atoms with Crippen molar-refractivity contribution >= 4 is 10.9 Å². The van der Waals surface area contributed by atoms with Gasteiger partial charge < -0.3 is 9.72 Å². The van der Waals surface area contributed by atoms with E-state index in [4.69, 9.17) is 4.74 Å². The Morgan fingerprint density at radius 3 is 2.65 bits per heavy atom. The summed E-state index contributed by atoms with van der Waals surface area (Å²) in [6, 6.07) is 15.3. The highest BCUT2D eigenvalue weighted by Crippen LogP contribution is 2.44. The summed E-state index contributed by atoms with van der Waals surface area (Å²) in [6.45, 7) is 5.08. The lowest BCUT2D eigenvalue weighted by Crippen LogP contribution is -2.06. The zero-order valence-corrected chi connectivity index (χ0v) is 16.0. The Balaban J connectivity index is 1.89. The summed E-state index contributed by atoms with van der Waals surface area (Å²) in [4.78, 5) is 3.76. The van der Waals surface area contributed by atoms with E-state index in [9.17, 15) is 0 Å². The van der Waals surface area contributed by atoms with Crippen molar-refractivity contribution in [3.8, 4) is 17.0 Å².